The summed E-state index contributed by atoms with van der Waals surface area (Å²) in [6.07, 6.45) is 4.19. The van der Waals surface area contributed by atoms with Crippen LogP contribution < -0.4 is 4.74 Å². The molecule has 0 heterocycles. The maximum Gasteiger partial charge on any atom is 0.134 e. The van der Waals surface area contributed by atoms with Gasteiger partial charge in [-0.1, -0.05) is 12.1 Å². The third kappa shape index (κ3) is 2.34. The summed E-state index contributed by atoms with van der Waals surface area (Å²) in [5.74, 6) is 0.827. The van der Waals surface area contributed by atoms with Gasteiger partial charge in [-0.25, -0.2) is 0 Å². The van der Waals surface area contributed by atoms with Crippen LogP contribution in [0.4, 0.5) is 0 Å². The Labute approximate surface area is 98.4 Å². The van der Waals surface area contributed by atoms with Gasteiger partial charge >= 0.3 is 0 Å². The normalized spacial score (nSPS) is 19.1. The number of hydrogen-bond donors (Lipinski definition) is 1. The van der Waals surface area contributed by atoms with Gasteiger partial charge in [-0.3, -0.25) is 0 Å². The van der Waals surface area contributed by atoms with Crippen LogP contribution in [-0.2, 0) is 0 Å². The van der Waals surface area contributed by atoms with Crippen molar-refractivity contribution in [2.45, 2.75) is 31.3 Å². The molecule has 1 fully saturated rings. The van der Waals surface area contributed by atoms with E-state index >= 15 is 0 Å². The Morgan fingerprint density at radius 1 is 1.27 bits per heavy atom. The number of aliphatic hydroxyl groups excluding tert-OH is 1. The smallest absolute Gasteiger partial charge is 0.134 e. The molecule has 1 saturated carbocycles. The van der Waals surface area contributed by atoms with Gasteiger partial charge in [0, 0.05) is 0 Å². The standard InChI is InChI=1S/C12H15BrO2/c13-10-5-1-2-6-11(10)15-12(9-14)7-3-4-8-12/h1-2,5-6,14H,3-4,7-9H2. The third-order valence-electron chi connectivity index (χ3n) is 2.97. The van der Waals surface area contributed by atoms with Gasteiger partial charge < -0.3 is 9.84 Å². The van der Waals surface area contributed by atoms with Crippen molar-refractivity contribution >= 4 is 15.9 Å². The van der Waals surface area contributed by atoms with Crippen LogP contribution in [0.1, 0.15) is 25.7 Å². The van der Waals surface area contributed by atoms with E-state index in [0.717, 1.165) is 35.9 Å². The molecule has 1 aromatic rings. The monoisotopic (exact) mass is 270 g/mol. The van der Waals surface area contributed by atoms with E-state index in [4.69, 9.17) is 4.74 Å². The first-order valence-electron chi connectivity index (χ1n) is 5.30. The molecular formula is C12H15BrO2. The molecule has 0 amide bonds. The summed E-state index contributed by atoms with van der Waals surface area (Å²) in [6.45, 7) is 0.105. The fourth-order valence-corrected chi connectivity index (χ4v) is 2.44. The second-order valence-electron chi connectivity index (χ2n) is 4.08. The Hall–Kier alpha value is -0.540. The van der Waals surface area contributed by atoms with E-state index in [0.29, 0.717) is 0 Å². The van der Waals surface area contributed by atoms with E-state index in [1.165, 1.54) is 0 Å². The fraction of sp³-hybridized carbons (Fsp3) is 0.500. The molecule has 1 aliphatic rings. The molecule has 1 aliphatic carbocycles. The molecule has 0 radical (unpaired) electrons. The minimum Gasteiger partial charge on any atom is -0.484 e. The molecule has 2 nitrogen and oxygen atoms in total. The molecule has 2 rings (SSSR count). The minimum absolute atomic E-state index is 0.105. The van der Waals surface area contributed by atoms with Crippen LogP contribution in [0.3, 0.4) is 0 Å². The van der Waals surface area contributed by atoms with E-state index in [-0.39, 0.29) is 12.2 Å². The largest absolute Gasteiger partial charge is 0.484 e. The van der Waals surface area contributed by atoms with E-state index in [2.05, 4.69) is 15.9 Å². The lowest BCUT2D eigenvalue weighted by Crippen LogP contribution is -2.36. The molecule has 0 spiro atoms. The van der Waals surface area contributed by atoms with Gasteiger partial charge in [-0.15, -0.1) is 0 Å². The van der Waals surface area contributed by atoms with E-state index in [1.54, 1.807) is 0 Å². The van der Waals surface area contributed by atoms with Crippen LogP contribution in [0.5, 0.6) is 5.75 Å². The molecule has 0 aliphatic heterocycles. The van der Waals surface area contributed by atoms with Crippen molar-refractivity contribution in [3.63, 3.8) is 0 Å². The van der Waals surface area contributed by atoms with Crippen molar-refractivity contribution in [2.24, 2.45) is 0 Å². The van der Waals surface area contributed by atoms with Gasteiger partial charge in [0.05, 0.1) is 11.1 Å². The highest BCUT2D eigenvalue weighted by Crippen LogP contribution is 2.36. The van der Waals surface area contributed by atoms with Crippen molar-refractivity contribution < 1.29 is 9.84 Å². The molecule has 0 bridgehead atoms. The number of hydrogen-bond acceptors (Lipinski definition) is 2. The summed E-state index contributed by atoms with van der Waals surface area (Å²) in [6, 6.07) is 7.78. The van der Waals surface area contributed by atoms with Crippen molar-refractivity contribution in [1.82, 2.24) is 0 Å². The summed E-state index contributed by atoms with van der Waals surface area (Å²) >= 11 is 3.45. The lowest BCUT2D eigenvalue weighted by atomic mass is 10.0. The molecule has 1 N–H and O–H groups in total. The first-order valence-corrected chi connectivity index (χ1v) is 6.09. The third-order valence-corrected chi connectivity index (χ3v) is 3.62. The van der Waals surface area contributed by atoms with Crippen molar-refractivity contribution in [2.75, 3.05) is 6.61 Å². The van der Waals surface area contributed by atoms with Crippen LogP contribution in [0.15, 0.2) is 28.7 Å². The maximum atomic E-state index is 9.43. The summed E-state index contributed by atoms with van der Waals surface area (Å²) in [4.78, 5) is 0. The molecular weight excluding hydrogens is 256 g/mol. The molecule has 0 atom stereocenters. The molecule has 0 unspecified atom stereocenters. The average Bonchev–Trinajstić information content (AvgIpc) is 2.71. The van der Waals surface area contributed by atoms with Crippen molar-refractivity contribution in [1.29, 1.82) is 0 Å². The Bertz CT molecular complexity index is 332. The zero-order valence-electron chi connectivity index (χ0n) is 8.58. The lowest BCUT2D eigenvalue weighted by Gasteiger charge is -2.28. The van der Waals surface area contributed by atoms with Crippen molar-refractivity contribution in [3.8, 4) is 5.75 Å². The van der Waals surface area contributed by atoms with Crippen LogP contribution >= 0.6 is 15.9 Å². The first kappa shape index (κ1) is 11.0. The van der Waals surface area contributed by atoms with E-state index in [9.17, 15) is 5.11 Å². The summed E-state index contributed by atoms with van der Waals surface area (Å²) in [5.41, 5.74) is -0.343. The number of halogens is 1. The Kier molecular flexibility index (Phi) is 3.32. The summed E-state index contributed by atoms with van der Waals surface area (Å²) in [5, 5.41) is 9.43. The topological polar surface area (TPSA) is 29.5 Å². The van der Waals surface area contributed by atoms with Gasteiger partial charge in [0.1, 0.15) is 11.4 Å². The second-order valence-corrected chi connectivity index (χ2v) is 4.94. The van der Waals surface area contributed by atoms with Crippen LogP contribution in [0.25, 0.3) is 0 Å². The van der Waals surface area contributed by atoms with Crippen LogP contribution in [0.2, 0.25) is 0 Å². The molecule has 15 heavy (non-hydrogen) atoms. The number of para-hydroxylation sites is 1. The SMILES string of the molecule is OCC1(Oc2ccccc2Br)CCCC1. The zero-order chi connectivity index (χ0) is 10.7. The van der Waals surface area contributed by atoms with Gasteiger partial charge in [0.25, 0.3) is 0 Å². The highest BCUT2D eigenvalue weighted by atomic mass is 79.9. The zero-order valence-corrected chi connectivity index (χ0v) is 10.2. The summed E-state index contributed by atoms with van der Waals surface area (Å²) < 4.78 is 6.89. The van der Waals surface area contributed by atoms with E-state index in [1.807, 2.05) is 24.3 Å². The van der Waals surface area contributed by atoms with Gasteiger partial charge in [-0.2, -0.15) is 0 Å². The number of ether oxygens (including phenoxy) is 1. The van der Waals surface area contributed by atoms with E-state index < -0.39 is 0 Å². The first-order chi connectivity index (χ1) is 7.26. The highest BCUT2D eigenvalue weighted by molar-refractivity contribution is 9.10. The lowest BCUT2D eigenvalue weighted by molar-refractivity contribution is 0.0146. The Balaban J connectivity index is 2.16. The number of rotatable bonds is 3. The maximum absolute atomic E-state index is 9.43. The van der Waals surface area contributed by atoms with Crippen LogP contribution in [-0.4, -0.2) is 17.3 Å². The van der Waals surface area contributed by atoms with Gasteiger partial charge in [0.2, 0.25) is 0 Å². The quantitative estimate of drug-likeness (QED) is 0.915. The average molecular weight is 271 g/mol. The molecule has 3 heteroatoms. The fourth-order valence-electron chi connectivity index (χ4n) is 2.07. The predicted molar refractivity (Wildman–Crippen MR) is 63.1 cm³/mol. The minimum atomic E-state index is -0.343. The van der Waals surface area contributed by atoms with Crippen LogP contribution in [0, 0.1) is 0 Å². The Morgan fingerprint density at radius 2 is 1.93 bits per heavy atom. The van der Waals surface area contributed by atoms with Gasteiger partial charge in [-0.05, 0) is 53.7 Å². The molecule has 1 aromatic carbocycles. The van der Waals surface area contributed by atoms with Crippen molar-refractivity contribution in [3.05, 3.63) is 28.7 Å². The highest BCUT2D eigenvalue weighted by Gasteiger charge is 2.35. The number of benzene rings is 1. The number of aliphatic hydroxyl groups is 1. The van der Waals surface area contributed by atoms with Gasteiger partial charge in [0.15, 0.2) is 0 Å². The Morgan fingerprint density at radius 3 is 2.53 bits per heavy atom. The molecule has 0 saturated heterocycles. The molecule has 0 aromatic heterocycles. The predicted octanol–water partition coefficient (Wildman–Crippen LogP) is 3.13. The second kappa shape index (κ2) is 4.54. The molecule has 82 valence electrons. The summed E-state index contributed by atoms with van der Waals surface area (Å²) in [7, 11) is 0.